The van der Waals surface area contributed by atoms with Crippen LogP contribution in [0.1, 0.15) is 25.0 Å². The Bertz CT molecular complexity index is 335. The summed E-state index contributed by atoms with van der Waals surface area (Å²) in [6.07, 6.45) is 0.386. The number of hydrogen-bond acceptors (Lipinski definition) is 1. The van der Waals surface area contributed by atoms with Gasteiger partial charge in [-0.3, -0.25) is 0 Å². The van der Waals surface area contributed by atoms with E-state index in [9.17, 15) is 8.78 Å². The molecule has 15 heavy (non-hydrogen) atoms. The first-order valence-corrected chi connectivity index (χ1v) is 5.19. The fourth-order valence-electron chi connectivity index (χ4n) is 1.43. The molecule has 0 radical (unpaired) electrons. The van der Waals surface area contributed by atoms with Gasteiger partial charge in [0.2, 0.25) is 0 Å². The Morgan fingerprint density at radius 3 is 2.53 bits per heavy atom. The molecule has 0 heterocycles. The maximum atomic E-state index is 13.5. The van der Waals surface area contributed by atoms with Crippen LogP contribution in [-0.2, 0) is 6.42 Å². The van der Waals surface area contributed by atoms with Crippen molar-refractivity contribution in [3.63, 3.8) is 0 Å². The summed E-state index contributed by atoms with van der Waals surface area (Å²) in [6, 6.07) is 3.12. The van der Waals surface area contributed by atoms with Crippen LogP contribution in [0.4, 0.5) is 8.78 Å². The molecular formula is C12H17F2N. The van der Waals surface area contributed by atoms with Crippen molar-refractivity contribution in [2.24, 2.45) is 0 Å². The van der Waals surface area contributed by atoms with Crippen molar-refractivity contribution in [3.8, 4) is 0 Å². The van der Waals surface area contributed by atoms with Crippen molar-refractivity contribution in [1.82, 2.24) is 5.32 Å². The van der Waals surface area contributed by atoms with Crippen LogP contribution in [0.25, 0.3) is 0 Å². The second-order valence-corrected chi connectivity index (χ2v) is 4.02. The molecule has 1 aromatic rings. The van der Waals surface area contributed by atoms with E-state index in [0.717, 1.165) is 0 Å². The number of halogens is 2. The van der Waals surface area contributed by atoms with E-state index >= 15 is 0 Å². The normalized spacial score (nSPS) is 11.1. The molecule has 0 bridgehead atoms. The number of benzene rings is 1. The Morgan fingerprint density at radius 2 is 1.93 bits per heavy atom. The van der Waals surface area contributed by atoms with E-state index in [4.69, 9.17) is 0 Å². The minimum atomic E-state index is -0.455. The molecule has 0 unspecified atom stereocenters. The van der Waals surface area contributed by atoms with E-state index in [2.05, 4.69) is 5.32 Å². The first-order chi connectivity index (χ1) is 7.02. The first kappa shape index (κ1) is 12.1. The summed E-state index contributed by atoms with van der Waals surface area (Å²) >= 11 is 0. The average Bonchev–Trinajstić information content (AvgIpc) is 2.17. The fourth-order valence-corrected chi connectivity index (χ4v) is 1.43. The highest BCUT2D eigenvalue weighted by molar-refractivity contribution is 5.26. The minimum absolute atomic E-state index is 0.183. The minimum Gasteiger partial charge on any atom is -0.314 e. The van der Waals surface area contributed by atoms with Crippen LogP contribution in [0.15, 0.2) is 12.1 Å². The second kappa shape index (κ2) is 5.21. The molecule has 0 saturated carbocycles. The molecule has 0 saturated heterocycles. The molecule has 1 nitrogen and oxygen atoms in total. The Kier molecular flexibility index (Phi) is 4.21. The summed E-state index contributed by atoms with van der Waals surface area (Å²) in [6.45, 7) is 6.25. The van der Waals surface area contributed by atoms with Gasteiger partial charge in [0.1, 0.15) is 11.6 Å². The van der Waals surface area contributed by atoms with Crippen LogP contribution in [0.2, 0.25) is 0 Å². The van der Waals surface area contributed by atoms with Crippen molar-refractivity contribution in [1.29, 1.82) is 0 Å². The lowest BCUT2D eigenvalue weighted by molar-refractivity contribution is 0.529. The highest BCUT2D eigenvalue weighted by Gasteiger charge is 2.10. The number of rotatable bonds is 4. The predicted molar refractivity (Wildman–Crippen MR) is 57.9 cm³/mol. The number of hydrogen-bond donors (Lipinski definition) is 1. The van der Waals surface area contributed by atoms with Gasteiger partial charge in [0.25, 0.3) is 0 Å². The molecule has 0 spiro atoms. The summed E-state index contributed by atoms with van der Waals surface area (Å²) in [7, 11) is 0. The maximum absolute atomic E-state index is 13.5. The SMILES string of the molecule is Cc1ccc(F)c(CCNC(C)C)c1F. The molecule has 0 aliphatic heterocycles. The van der Waals surface area contributed by atoms with Gasteiger partial charge >= 0.3 is 0 Å². The van der Waals surface area contributed by atoms with E-state index in [1.54, 1.807) is 6.92 Å². The van der Waals surface area contributed by atoms with E-state index < -0.39 is 11.6 Å². The lowest BCUT2D eigenvalue weighted by atomic mass is 10.1. The molecule has 0 fully saturated rings. The highest BCUT2D eigenvalue weighted by atomic mass is 19.1. The van der Waals surface area contributed by atoms with Gasteiger partial charge in [-0.25, -0.2) is 8.78 Å². The van der Waals surface area contributed by atoms with Crippen LogP contribution >= 0.6 is 0 Å². The van der Waals surface area contributed by atoms with Crippen molar-refractivity contribution >= 4 is 0 Å². The van der Waals surface area contributed by atoms with Gasteiger partial charge in [0.15, 0.2) is 0 Å². The molecule has 0 aliphatic carbocycles. The summed E-state index contributed by atoms with van der Waals surface area (Å²) in [5.74, 6) is -0.871. The van der Waals surface area contributed by atoms with Crippen molar-refractivity contribution < 1.29 is 8.78 Å². The van der Waals surface area contributed by atoms with Gasteiger partial charge in [-0.2, -0.15) is 0 Å². The zero-order chi connectivity index (χ0) is 11.4. The molecule has 0 atom stereocenters. The molecule has 3 heteroatoms. The summed E-state index contributed by atoms with van der Waals surface area (Å²) in [4.78, 5) is 0. The molecule has 0 amide bonds. The third-order valence-corrected chi connectivity index (χ3v) is 2.31. The molecule has 0 aromatic heterocycles. The molecule has 0 aliphatic rings. The summed E-state index contributed by atoms with van der Waals surface area (Å²) in [5.41, 5.74) is 0.680. The number of aryl methyl sites for hydroxylation is 1. The maximum Gasteiger partial charge on any atom is 0.132 e. The first-order valence-electron chi connectivity index (χ1n) is 5.19. The molecule has 1 aromatic carbocycles. The van der Waals surface area contributed by atoms with Gasteiger partial charge in [0.05, 0.1) is 0 Å². The zero-order valence-electron chi connectivity index (χ0n) is 9.40. The van der Waals surface area contributed by atoms with Gasteiger partial charge in [-0.15, -0.1) is 0 Å². The Balaban J connectivity index is 2.71. The van der Waals surface area contributed by atoms with Crippen LogP contribution in [0, 0.1) is 18.6 Å². The molecular weight excluding hydrogens is 196 g/mol. The van der Waals surface area contributed by atoms with Crippen LogP contribution in [-0.4, -0.2) is 12.6 Å². The highest BCUT2D eigenvalue weighted by Crippen LogP contribution is 2.16. The summed E-state index contributed by atoms with van der Waals surface area (Å²) < 4.78 is 26.8. The van der Waals surface area contributed by atoms with Gasteiger partial charge in [-0.05, 0) is 31.5 Å². The van der Waals surface area contributed by atoms with Crippen molar-refractivity contribution in [2.75, 3.05) is 6.54 Å². The second-order valence-electron chi connectivity index (χ2n) is 4.02. The van der Waals surface area contributed by atoms with Crippen LogP contribution in [0.5, 0.6) is 0 Å². The van der Waals surface area contributed by atoms with Gasteiger partial charge < -0.3 is 5.32 Å². The van der Waals surface area contributed by atoms with E-state index in [1.807, 2.05) is 13.8 Å². The lowest BCUT2D eigenvalue weighted by Crippen LogP contribution is -2.25. The van der Waals surface area contributed by atoms with Crippen molar-refractivity contribution in [3.05, 3.63) is 34.9 Å². The smallest absolute Gasteiger partial charge is 0.132 e. The van der Waals surface area contributed by atoms with Gasteiger partial charge in [0, 0.05) is 11.6 Å². The Morgan fingerprint density at radius 1 is 1.27 bits per heavy atom. The number of nitrogens with one attached hydrogen (secondary N) is 1. The predicted octanol–water partition coefficient (Wildman–Crippen LogP) is 2.81. The lowest BCUT2D eigenvalue weighted by Gasteiger charge is -2.10. The zero-order valence-corrected chi connectivity index (χ0v) is 9.40. The van der Waals surface area contributed by atoms with Crippen LogP contribution < -0.4 is 5.32 Å². The Labute approximate surface area is 89.5 Å². The molecule has 84 valence electrons. The third kappa shape index (κ3) is 3.27. The Hall–Kier alpha value is -0.960. The fraction of sp³-hybridized carbons (Fsp3) is 0.500. The van der Waals surface area contributed by atoms with Crippen LogP contribution in [0.3, 0.4) is 0 Å². The van der Waals surface area contributed by atoms with E-state index in [0.29, 0.717) is 24.6 Å². The third-order valence-electron chi connectivity index (χ3n) is 2.31. The average molecular weight is 213 g/mol. The standard InChI is InChI=1S/C12H17F2N/c1-8(2)15-7-6-10-11(13)5-4-9(3)12(10)14/h4-5,8,15H,6-7H2,1-3H3. The summed E-state index contributed by atoms with van der Waals surface area (Å²) in [5, 5.41) is 3.13. The topological polar surface area (TPSA) is 12.0 Å². The quantitative estimate of drug-likeness (QED) is 0.811. The largest absolute Gasteiger partial charge is 0.314 e. The van der Waals surface area contributed by atoms with Crippen molar-refractivity contribution in [2.45, 2.75) is 33.2 Å². The van der Waals surface area contributed by atoms with E-state index in [-0.39, 0.29) is 5.56 Å². The monoisotopic (exact) mass is 213 g/mol. The van der Waals surface area contributed by atoms with Gasteiger partial charge in [-0.1, -0.05) is 19.9 Å². The van der Waals surface area contributed by atoms with E-state index in [1.165, 1.54) is 12.1 Å². The molecule has 1 rings (SSSR count). The molecule has 1 N–H and O–H groups in total.